The van der Waals surface area contributed by atoms with Gasteiger partial charge in [0.2, 0.25) is 0 Å². The Morgan fingerprint density at radius 1 is 1.11 bits per heavy atom. The molecule has 2 saturated carbocycles. The summed E-state index contributed by atoms with van der Waals surface area (Å²) in [5.41, 5.74) is 0.565. The highest BCUT2D eigenvalue weighted by molar-refractivity contribution is 7.81. The molecule has 6 atom stereocenters. The van der Waals surface area contributed by atoms with Crippen molar-refractivity contribution in [3.05, 3.63) is 0 Å². The van der Waals surface area contributed by atoms with Crippen LogP contribution in [-0.4, -0.2) is 16.5 Å². The lowest BCUT2D eigenvalue weighted by Crippen LogP contribution is -2.51. The van der Waals surface area contributed by atoms with E-state index in [2.05, 4.69) is 27.7 Å². The third-order valence-corrected chi connectivity index (χ3v) is 7.15. The van der Waals surface area contributed by atoms with Gasteiger partial charge in [-0.3, -0.25) is 0 Å². The van der Waals surface area contributed by atoms with Crippen LogP contribution in [0, 0.1) is 22.7 Å². The quantitative estimate of drug-likeness (QED) is 0.681. The molecule has 106 valence electrons. The van der Waals surface area contributed by atoms with Crippen LogP contribution in [0.2, 0.25) is 0 Å². The Bertz CT molecular complexity index is 305. The Kier molecular flexibility index (Phi) is 4.10. The van der Waals surface area contributed by atoms with E-state index in [1.54, 1.807) is 0 Å². The van der Waals surface area contributed by atoms with Gasteiger partial charge in [0.25, 0.3) is 0 Å². The van der Waals surface area contributed by atoms with Crippen LogP contribution in [0.25, 0.3) is 0 Å². The molecular weight excluding hydrogens is 240 g/mol. The molecular formula is C16H30OS. The molecule has 1 N–H and O–H groups in total. The van der Waals surface area contributed by atoms with Gasteiger partial charge in [-0.15, -0.1) is 0 Å². The zero-order valence-corrected chi connectivity index (χ0v) is 13.3. The molecule has 0 bridgehead atoms. The first-order valence-corrected chi connectivity index (χ1v) is 8.16. The van der Waals surface area contributed by atoms with Crippen LogP contribution < -0.4 is 0 Å². The summed E-state index contributed by atoms with van der Waals surface area (Å²) in [5, 5.41) is 10.8. The number of hydrogen-bond donors (Lipinski definition) is 2. The maximum Gasteiger partial charge on any atom is 0.0571 e. The molecule has 0 heterocycles. The summed E-state index contributed by atoms with van der Waals surface area (Å²) in [5.74, 6) is 1.29. The van der Waals surface area contributed by atoms with Crippen LogP contribution in [0.15, 0.2) is 0 Å². The molecule has 2 rings (SSSR count). The van der Waals surface area contributed by atoms with Crippen LogP contribution >= 0.6 is 12.6 Å². The molecule has 18 heavy (non-hydrogen) atoms. The average molecular weight is 270 g/mol. The molecule has 6 unspecified atom stereocenters. The first kappa shape index (κ1) is 14.7. The Morgan fingerprint density at radius 2 is 1.78 bits per heavy atom. The second-order valence-electron chi connectivity index (χ2n) is 7.66. The number of aliphatic hydroxyl groups is 1. The Labute approximate surface area is 118 Å². The van der Waals surface area contributed by atoms with Crippen LogP contribution in [0.3, 0.4) is 0 Å². The summed E-state index contributed by atoms with van der Waals surface area (Å²) in [6.07, 6.45) is 7.13. The molecule has 0 amide bonds. The van der Waals surface area contributed by atoms with E-state index in [9.17, 15) is 5.11 Å². The minimum atomic E-state index is -0.111. The molecule has 2 aliphatic rings. The van der Waals surface area contributed by atoms with Crippen molar-refractivity contribution in [1.82, 2.24) is 0 Å². The van der Waals surface area contributed by atoms with Crippen molar-refractivity contribution in [2.24, 2.45) is 22.7 Å². The molecule has 1 nitrogen and oxygen atoms in total. The second kappa shape index (κ2) is 5.01. The maximum absolute atomic E-state index is 10.3. The summed E-state index contributed by atoms with van der Waals surface area (Å²) < 4.78 is 0. The molecule has 2 heteroatoms. The summed E-state index contributed by atoms with van der Waals surface area (Å²) in [6.45, 7) is 9.37. The normalized spacial score (nSPS) is 54.3. The van der Waals surface area contributed by atoms with E-state index in [1.165, 1.54) is 32.1 Å². The van der Waals surface area contributed by atoms with Crippen molar-refractivity contribution < 1.29 is 5.11 Å². The Balaban J connectivity index is 2.18. The van der Waals surface area contributed by atoms with Crippen LogP contribution in [0.5, 0.6) is 0 Å². The molecule has 0 aromatic rings. The van der Waals surface area contributed by atoms with Gasteiger partial charge in [-0.2, -0.15) is 12.6 Å². The monoisotopic (exact) mass is 270 g/mol. The van der Waals surface area contributed by atoms with Crippen molar-refractivity contribution in [2.75, 3.05) is 0 Å². The largest absolute Gasteiger partial charge is 0.393 e. The van der Waals surface area contributed by atoms with Crippen molar-refractivity contribution in [3.63, 3.8) is 0 Å². The van der Waals surface area contributed by atoms with E-state index in [0.717, 1.165) is 12.3 Å². The number of aliphatic hydroxyl groups excluding tert-OH is 1. The summed E-state index contributed by atoms with van der Waals surface area (Å²) in [7, 11) is 0. The second-order valence-corrected chi connectivity index (χ2v) is 8.28. The standard InChI is InChI=1S/C16H30OS/c1-11-5-8-16(4,14(18)9-11)15(3)7-6-12(2)13(17)10-15/h11-14,17-18H,5-10H2,1-4H3. The van der Waals surface area contributed by atoms with Crippen molar-refractivity contribution in [2.45, 2.75) is 77.6 Å². The highest BCUT2D eigenvalue weighted by atomic mass is 32.1. The van der Waals surface area contributed by atoms with E-state index in [4.69, 9.17) is 12.6 Å². The van der Waals surface area contributed by atoms with E-state index in [-0.39, 0.29) is 11.5 Å². The third-order valence-electron chi connectivity index (χ3n) is 6.36. The fraction of sp³-hybridized carbons (Fsp3) is 1.00. The first-order chi connectivity index (χ1) is 8.28. The molecule has 0 aromatic heterocycles. The highest BCUT2D eigenvalue weighted by Crippen LogP contribution is 2.58. The average Bonchev–Trinajstić information content (AvgIpc) is 2.29. The predicted octanol–water partition coefficient (Wildman–Crippen LogP) is 4.30. The zero-order chi connectivity index (χ0) is 13.6. The van der Waals surface area contributed by atoms with E-state index < -0.39 is 0 Å². The van der Waals surface area contributed by atoms with Crippen molar-refractivity contribution >= 4 is 12.6 Å². The fourth-order valence-electron chi connectivity index (χ4n) is 4.20. The summed E-state index contributed by atoms with van der Waals surface area (Å²) in [6, 6.07) is 0. The van der Waals surface area contributed by atoms with Gasteiger partial charge in [0.15, 0.2) is 0 Å². The highest BCUT2D eigenvalue weighted by Gasteiger charge is 2.52. The van der Waals surface area contributed by atoms with Crippen LogP contribution in [0.1, 0.15) is 66.2 Å². The van der Waals surface area contributed by atoms with Gasteiger partial charge in [0, 0.05) is 5.25 Å². The van der Waals surface area contributed by atoms with Gasteiger partial charge in [-0.05, 0) is 54.8 Å². The molecule has 0 aliphatic heterocycles. The number of thiol groups is 1. The minimum Gasteiger partial charge on any atom is -0.393 e. The van der Waals surface area contributed by atoms with Gasteiger partial charge in [-0.25, -0.2) is 0 Å². The minimum absolute atomic E-state index is 0.111. The van der Waals surface area contributed by atoms with Gasteiger partial charge < -0.3 is 5.11 Å². The van der Waals surface area contributed by atoms with Gasteiger partial charge in [-0.1, -0.05) is 34.1 Å². The van der Waals surface area contributed by atoms with Crippen LogP contribution in [-0.2, 0) is 0 Å². The zero-order valence-electron chi connectivity index (χ0n) is 12.4. The SMILES string of the molecule is CC1CCC(C)(C2(C)CCC(C)C(O)C2)C(S)C1. The van der Waals surface area contributed by atoms with Crippen molar-refractivity contribution in [3.8, 4) is 0 Å². The lowest BCUT2D eigenvalue weighted by molar-refractivity contribution is -0.0691. The number of rotatable bonds is 1. The van der Waals surface area contributed by atoms with E-state index in [1.807, 2.05) is 0 Å². The third kappa shape index (κ3) is 2.35. The Morgan fingerprint density at radius 3 is 2.33 bits per heavy atom. The lowest BCUT2D eigenvalue weighted by atomic mass is 9.51. The fourth-order valence-corrected chi connectivity index (χ4v) is 5.00. The molecule has 0 spiro atoms. The van der Waals surface area contributed by atoms with Gasteiger partial charge in [0.1, 0.15) is 0 Å². The first-order valence-electron chi connectivity index (χ1n) is 7.65. The lowest BCUT2D eigenvalue weighted by Gasteiger charge is -2.56. The van der Waals surface area contributed by atoms with Crippen molar-refractivity contribution in [1.29, 1.82) is 0 Å². The molecule has 0 radical (unpaired) electrons. The summed E-state index contributed by atoms with van der Waals surface area (Å²) >= 11 is 4.94. The summed E-state index contributed by atoms with van der Waals surface area (Å²) in [4.78, 5) is 0. The smallest absolute Gasteiger partial charge is 0.0571 e. The van der Waals surface area contributed by atoms with Crippen LogP contribution in [0.4, 0.5) is 0 Å². The molecule has 0 saturated heterocycles. The topological polar surface area (TPSA) is 20.2 Å². The molecule has 0 aromatic carbocycles. The van der Waals surface area contributed by atoms with E-state index >= 15 is 0 Å². The molecule has 2 fully saturated rings. The molecule has 2 aliphatic carbocycles. The van der Waals surface area contributed by atoms with Gasteiger partial charge >= 0.3 is 0 Å². The predicted molar refractivity (Wildman–Crippen MR) is 81.0 cm³/mol. The van der Waals surface area contributed by atoms with Gasteiger partial charge in [0.05, 0.1) is 6.10 Å². The van der Waals surface area contributed by atoms with E-state index in [0.29, 0.717) is 16.6 Å². The Hall–Kier alpha value is 0.310. The maximum atomic E-state index is 10.3. The number of hydrogen-bond acceptors (Lipinski definition) is 2.